The van der Waals surface area contributed by atoms with Crippen molar-refractivity contribution in [1.82, 2.24) is 5.32 Å². The fourth-order valence-electron chi connectivity index (χ4n) is 3.80. The Morgan fingerprint density at radius 1 is 1.15 bits per heavy atom. The van der Waals surface area contributed by atoms with Crippen LogP contribution >= 0.6 is 12.4 Å². The van der Waals surface area contributed by atoms with Gasteiger partial charge < -0.3 is 15.4 Å². The average Bonchev–Trinajstić information content (AvgIpc) is 3.00. The van der Waals surface area contributed by atoms with Crippen LogP contribution in [0.4, 0.5) is 5.69 Å². The topological polar surface area (TPSA) is 50.4 Å². The summed E-state index contributed by atoms with van der Waals surface area (Å²) in [5, 5.41) is 6.32. The molecule has 2 aromatic rings. The first-order chi connectivity index (χ1) is 12.3. The predicted octanol–water partition coefficient (Wildman–Crippen LogP) is 3.63. The van der Waals surface area contributed by atoms with Gasteiger partial charge in [0, 0.05) is 12.2 Å². The number of benzene rings is 2. The van der Waals surface area contributed by atoms with E-state index in [1.807, 2.05) is 6.07 Å². The van der Waals surface area contributed by atoms with Crippen LogP contribution in [0.3, 0.4) is 0 Å². The minimum atomic E-state index is -0.0840. The number of ether oxygens (including phenoxy) is 1. The van der Waals surface area contributed by atoms with Crippen LogP contribution in [-0.4, -0.2) is 32.2 Å². The summed E-state index contributed by atoms with van der Waals surface area (Å²) in [4.78, 5) is 12.1. The largest absolute Gasteiger partial charge is 0.371 e. The van der Waals surface area contributed by atoms with E-state index in [2.05, 4.69) is 47.0 Å². The molecular formula is C21H25ClN2O2. The van der Waals surface area contributed by atoms with Crippen LogP contribution in [0, 0.1) is 5.92 Å². The minimum absolute atomic E-state index is 0. The highest BCUT2D eigenvalue weighted by Crippen LogP contribution is 2.37. The Balaban J connectivity index is 0.00000196. The van der Waals surface area contributed by atoms with Crippen LogP contribution in [0.1, 0.15) is 24.0 Å². The maximum absolute atomic E-state index is 12.1. The van der Waals surface area contributed by atoms with Gasteiger partial charge in [-0.1, -0.05) is 30.3 Å². The Morgan fingerprint density at radius 2 is 2.00 bits per heavy atom. The van der Waals surface area contributed by atoms with Crippen LogP contribution in [0.25, 0.3) is 11.1 Å². The lowest BCUT2D eigenvalue weighted by Crippen LogP contribution is -2.33. The quantitative estimate of drug-likeness (QED) is 0.719. The maximum Gasteiger partial charge on any atom is 0.250 e. The van der Waals surface area contributed by atoms with Gasteiger partial charge in [0.2, 0.25) is 5.91 Å². The molecule has 2 aliphatic rings. The van der Waals surface area contributed by atoms with E-state index >= 15 is 0 Å². The molecule has 5 heteroatoms. The van der Waals surface area contributed by atoms with Gasteiger partial charge in [-0.3, -0.25) is 4.79 Å². The summed E-state index contributed by atoms with van der Waals surface area (Å²) in [5.41, 5.74) is 6.05. The molecule has 1 fully saturated rings. The number of piperidine rings is 1. The maximum atomic E-state index is 12.1. The highest BCUT2D eigenvalue weighted by atomic mass is 35.5. The molecule has 26 heavy (non-hydrogen) atoms. The normalized spacial score (nSPS) is 17.8. The summed E-state index contributed by atoms with van der Waals surface area (Å²) in [6.45, 7) is 2.86. The monoisotopic (exact) mass is 372 g/mol. The third-order valence-electron chi connectivity index (χ3n) is 5.06. The highest BCUT2D eigenvalue weighted by molar-refractivity contribution is 5.92. The number of hydrogen-bond acceptors (Lipinski definition) is 3. The fraction of sp³-hybridized carbons (Fsp3) is 0.381. The summed E-state index contributed by atoms with van der Waals surface area (Å²) >= 11 is 0. The molecule has 1 aliphatic carbocycles. The van der Waals surface area contributed by atoms with E-state index in [9.17, 15) is 4.79 Å². The summed E-state index contributed by atoms with van der Waals surface area (Å²) in [6, 6.07) is 14.6. The molecule has 4 nitrogen and oxygen atoms in total. The Bertz CT molecular complexity index is 772. The number of carbonyl (C=O) groups excluding carboxylic acids is 1. The van der Waals surface area contributed by atoms with Gasteiger partial charge in [0.25, 0.3) is 0 Å². The van der Waals surface area contributed by atoms with Crippen molar-refractivity contribution >= 4 is 24.0 Å². The zero-order valence-electron chi connectivity index (χ0n) is 14.8. The molecule has 1 atom stereocenters. The number of carbonyl (C=O) groups is 1. The van der Waals surface area contributed by atoms with Gasteiger partial charge in [-0.25, -0.2) is 0 Å². The Labute approximate surface area is 160 Å². The molecule has 2 aromatic carbocycles. The molecule has 0 bridgehead atoms. The Morgan fingerprint density at radius 3 is 2.85 bits per heavy atom. The van der Waals surface area contributed by atoms with Crippen molar-refractivity contribution in [2.24, 2.45) is 5.92 Å². The van der Waals surface area contributed by atoms with E-state index in [0.717, 1.165) is 25.2 Å². The molecule has 2 N–H and O–H groups in total. The van der Waals surface area contributed by atoms with Crippen LogP contribution < -0.4 is 10.6 Å². The predicted molar refractivity (Wildman–Crippen MR) is 107 cm³/mol. The number of hydrogen-bond donors (Lipinski definition) is 2. The first-order valence-electron chi connectivity index (χ1n) is 9.09. The third-order valence-corrected chi connectivity index (χ3v) is 5.06. The van der Waals surface area contributed by atoms with Crippen LogP contribution in [0.2, 0.25) is 0 Å². The first-order valence-corrected chi connectivity index (χ1v) is 9.09. The van der Waals surface area contributed by atoms with Crippen LogP contribution in [0.15, 0.2) is 42.5 Å². The zero-order chi connectivity index (χ0) is 17.1. The molecule has 1 unspecified atom stereocenters. The lowest BCUT2D eigenvalue weighted by Gasteiger charge is -2.22. The van der Waals surface area contributed by atoms with Gasteiger partial charge >= 0.3 is 0 Å². The van der Waals surface area contributed by atoms with E-state index < -0.39 is 0 Å². The van der Waals surface area contributed by atoms with Crippen molar-refractivity contribution < 1.29 is 9.53 Å². The highest BCUT2D eigenvalue weighted by Gasteiger charge is 2.18. The molecule has 1 saturated heterocycles. The summed E-state index contributed by atoms with van der Waals surface area (Å²) in [7, 11) is 0. The van der Waals surface area contributed by atoms with Gasteiger partial charge in [0.15, 0.2) is 0 Å². The number of fused-ring (bicyclic) bond motifs is 3. The minimum Gasteiger partial charge on any atom is -0.371 e. The lowest BCUT2D eigenvalue weighted by molar-refractivity contribution is -0.121. The van der Waals surface area contributed by atoms with Crippen molar-refractivity contribution in [2.45, 2.75) is 19.3 Å². The Kier molecular flexibility index (Phi) is 6.30. The average molecular weight is 373 g/mol. The van der Waals surface area contributed by atoms with Crippen molar-refractivity contribution in [3.05, 3.63) is 53.6 Å². The second-order valence-corrected chi connectivity index (χ2v) is 6.98. The number of halogens is 1. The number of amides is 1. The second kappa shape index (κ2) is 8.67. The molecule has 0 saturated carbocycles. The lowest BCUT2D eigenvalue weighted by atomic mass is 10.0. The second-order valence-electron chi connectivity index (χ2n) is 6.98. The van der Waals surface area contributed by atoms with Crippen LogP contribution in [0.5, 0.6) is 0 Å². The summed E-state index contributed by atoms with van der Waals surface area (Å²) in [6.07, 6.45) is 3.30. The molecule has 1 amide bonds. The molecule has 1 aliphatic heterocycles. The van der Waals surface area contributed by atoms with Crippen molar-refractivity contribution in [3.8, 4) is 11.1 Å². The third kappa shape index (κ3) is 4.26. The molecule has 0 aromatic heterocycles. The molecule has 4 rings (SSSR count). The molecule has 0 spiro atoms. The van der Waals surface area contributed by atoms with E-state index in [1.165, 1.54) is 35.1 Å². The molecule has 138 valence electrons. The number of rotatable bonds is 5. The van der Waals surface area contributed by atoms with E-state index in [-0.39, 0.29) is 24.9 Å². The molecular weight excluding hydrogens is 348 g/mol. The smallest absolute Gasteiger partial charge is 0.250 e. The van der Waals surface area contributed by atoms with Crippen molar-refractivity contribution in [1.29, 1.82) is 0 Å². The summed E-state index contributed by atoms with van der Waals surface area (Å²) < 4.78 is 5.60. The van der Waals surface area contributed by atoms with Gasteiger partial charge in [-0.15, -0.1) is 12.4 Å². The van der Waals surface area contributed by atoms with Crippen LogP contribution in [-0.2, 0) is 16.0 Å². The number of anilines is 1. The molecule has 1 heterocycles. The van der Waals surface area contributed by atoms with E-state index in [4.69, 9.17) is 4.74 Å². The van der Waals surface area contributed by atoms with Crippen molar-refractivity contribution in [2.75, 3.05) is 31.6 Å². The van der Waals surface area contributed by atoms with Gasteiger partial charge in [-0.05, 0) is 66.1 Å². The zero-order valence-corrected chi connectivity index (χ0v) is 15.6. The van der Waals surface area contributed by atoms with Gasteiger partial charge in [0.1, 0.15) is 6.61 Å². The van der Waals surface area contributed by atoms with E-state index in [0.29, 0.717) is 12.5 Å². The standard InChI is InChI=1S/C21H24N2O2.ClH/c24-21(14-25-13-15-4-3-9-22-12-15)23-18-7-8-20-17(11-18)10-16-5-1-2-6-19(16)20;/h1-2,5-8,11,15,22H,3-4,9-10,12-14H2,(H,23,24);1H. The SMILES string of the molecule is Cl.O=C(COCC1CCCNC1)Nc1ccc2c(c1)Cc1ccccc1-2. The Hall–Kier alpha value is -1.88. The summed E-state index contributed by atoms with van der Waals surface area (Å²) in [5.74, 6) is 0.444. The van der Waals surface area contributed by atoms with E-state index in [1.54, 1.807) is 0 Å². The van der Waals surface area contributed by atoms with Gasteiger partial charge in [0.05, 0.1) is 6.61 Å². The fourth-order valence-corrected chi connectivity index (χ4v) is 3.80. The molecule has 0 radical (unpaired) electrons. The van der Waals surface area contributed by atoms with Gasteiger partial charge in [-0.2, -0.15) is 0 Å². The van der Waals surface area contributed by atoms with Crippen molar-refractivity contribution in [3.63, 3.8) is 0 Å². The first kappa shape index (κ1) is 18.9. The number of nitrogens with one attached hydrogen (secondary N) is 2.